The lowest BCUT2D eigenvalue weighted by Gasteiger charge is -2.35. The Bertz CT molecular complexity index is 576. The molecule has 0 aromatic carbocycles. The molecular weight excluding hydrogens is 493 g/mol. The number of piperidine rings is 2. The van der Waals surface area contributed by atoms with Gasteiger partial charge in [0.25, 0.3) is 0 Å². The second kappa shape index (κ2) is 13.0. The number of aliphatic imine (C=N–C) groups is 1. The first-order valence-corrected chi connectivity index (χ1v) is 12.0. The van der Waals surface area contributed by atoms with E-state index < -0.39 is 0 Å². The quantitative estimate of drug-likeness (QED) is 0.238. The summed E-state index contributed by atoms with van der Waals surface area (Å²) in [7, 11) is 1.88. The van der Waals surface area contributed by atoms with Crippen LogP contribution in [-0.2, 0) is 0 Å². The van der Waals surface area contributed by atoms with Gasteiger partial charge in [0.05, 0.1) is 5.00 Å². The van der Waals surface area contributed by atoms with Gasteiger partial charge in [-0.2, -0.15) is 0 Å². The Labute approximate surface area is 198 Å². The zero-order chi connectivity index (χ0) is 19.8. The van der Waals surface area contributed by atoms with E-state index in [0.29, 0.717) is 6.04 Å². The van der Waals surface area contributed by atoms with E-state index >= 15 is 0 Å². The fraction of sp³-hybridized carbons (Fsp3) is 0.773. The zero-order valence-corrected chi connectivity index (χ0v) is 21.5. The third-order valence-electron chi connectivity index (χ3n) is 6.02. The highest BCUT2D eigenvalue weighted by atomic mass is 127. The van der Waals surface area contributed by atoms with Crippen LogP contribution in [0.25, 0.3) is 0 Å². The summed E-state index contributed by atoms with van der Waals surface area (Å²) in [5.74, 6) is 2.68. The number of unbranched alkanes of at least 4 members (excludes halogenated alkanes) is 1. The van der Waals surface area contributed by atoms with Crippen LogP contribution in [0.5, 0.6) is 0 Å². The maximum absolute atomic E-state index is 4.43. The molecule has 7 heteroatoms. The molecule has 0 bridgehead atoms. The molecular formula is C22H40IN5S. The summed E-state index contributed by atoms with van der Waals surface area (Å²) in [4.78, 5) is 9.59. The molecule has 0 radical (unpaired) electrons. The Morgan fingerprint density at radius 2 is 1.90 bits per heavy atom. The van der Waals surface area contributed by atoms with Crippen molar-refractivity contribution in [1.29, 1.82) is 0 Å². The highest BCUT2D eigenvalue weighted by molar-refractivity contribution is 14.0. The van der Waals surface area contributed by atoms with Crippen LogP contribution in [-0.4, -0.2) is 63.2 Å². The summed E-state index contributed by atoms with van der Waals surface area (Å²) in [5, 5.41) is 10.7. The van der Waals surface area contributed by atoms with Crippen LogP contribution in [0.2, 0.25) is 0 Å². The van der Waals surface area contributed by atoms with E-state index in [-0.39, 0.29) is 24.0 Å². The molecule has 2 aliphatic rings. The highest BCUT2D eigenvalue weighted by Crippen LogP contribution is 2.24. The largest absolute Gasteiger partial charge is 0.363 e. The topological polar surface area (TPSA) is 42.9 Å². The number of thiophene rings is 1. The van der Waals surface area contributed by atoms with Crippen LogP contribution in [0.1, 0.15) is 46.0 Å². The minimum absolute atomic E-state index is 0. The van der Waals surface area contributed by atoms with E-state index in [9.17, 15) is 0 Å². The predicted octanol–water partition coefficient (Wildman–Crippen LogP) is 4.26. The van der Waals surface area contributed by atoms with Crippen molar-refractivity contribution in [3.05, 3.63) is 17.5 Å². The van der Waals surface area contributed by atoms with Crippen molar-refractivity contribution in [3.8, 4) is 0 Å². The Kier molecular flexibility index (Phi) is 11.1. The Hall–Kier alpha value is -0.540. The van der Waals surface area contributed by atoms with E-state index in [4.69, 9.17) is 0 Å². The standard InChI is InChI=1S/C22H39N5S.HI/c1-18-15-19(2)17-26(16-18)11-5-4-10-24-22(23-3)25-20-8-12-27(13-9-20)21-7-6-14-28-21;/h6-7,14,18-20H,4-5,8-13,15-17H2,1-3H3,(H2,23,24,25);1H. The molecule has 5 nitrogen and oxygen atoms in total. The van der Waals surface area contributed by atoms with Crippen molar-refractivity contribution in [2.45, 2.75) is 52.0 Å². The maximum Gasteiger partial charge on any atom is 0.191 e. The molecule has 2 unspecified atom stereocenters. The molecule has 3 rings (SSSR count). The van der Waals surface area contributed by atoms with Gasteiger partial charge in [-0.05, 0) is 68.0 Å². The van der Waals surface area contributed by atoms with Crippen molar-refractivity contribution in [1.82, 2.24) is 15.5 Å². The van der Waals surface area contributed by atoms with Gasteiger partial charge in [0.2, 0.25) is 0 Å². The fourth-order valence-corrected chi connectivity index (χ4v) is 5.51. The lowest BCUT2D eigenvalue weighted by Crippen LogP contribution is -2.48. The maximum atomic E-state index is 4.43. The van der Waals surface area contributed by atoms with Crippen molar-refractivity contribution >= 4 is 46.3 Å². The van der Waals surface area contributed by atoms with Crippen LogP contribution in [0.3, 0.4) is 0 Å². The van der Waals surface area contributed by atoms with Crippen molar-refractivity contribution in [2.24, 2.45) is 16.8 Å². The third-order valence-corrected chi connectivity index (χ3v) is 6.94. The smallest absolute Gasteiger partial charge is 0.191 e. The molecule has 166 valence electrons. The first-order valence-electron chi connectivity index (χ1n) is 11.1. The highest BCUT2D eigenvalue weighted by Gasteiger charge is 2.22. The number of nitrogens with one attached hydrogen (secondary N) is 2. The number of likely N-dealkylation sites (tertiary alicyclic amines) is 1. The molecule has 2 aliphatic heterocycles. The van der Waals surface area contributed by atoms with E-state index in [0.717, 1.165) is 37.4 Å². The molecule has 0 amide bonds. The number of rotatable bonds is 7. The molecule has 2 atom stereocenters. The minimum atomic E-state index is 0. The summed E-state index contributed by atoms with van der Waals surface area (Å²) in [6.45, 7) is 11.9. The Balaban J connectivity index is 0.00000300. The van der Waals surface area contributed by atoms with Crippen LogP contribution in [0, 0.1) is 11.8 Å². The second-order valence-electron chi connectivity index (χ2n) is 8.77. The fourth-order valence-electron chi connectivity index (χ4n) is 4.72. The normalized spacial score (nSPS) is 24.2. The molecule has 2 saturated heterocycles. The number of hydrogen-bond donors (Lipinski definition) is 2. The molecule has 1 aromatic rings. The van der Waals surface area contributed by atoms with Crippen molar-refractivity contribution in [3.63, 3.8) is 0 Å². The summed E-state index contributed by atoms with van der Waals surface area (Å²) < 4.78 is 0. The molecule has 2 fully saturated rings. The van der Waals surface area contributed by atoms with Gasteiger partial charge in [0.1, 0.15) is 0 Å². The van der Waals surface area contributed by atoms with Gasteiger partial charge in [-0.3, -0.25) is 4.99 Å². The molecule has 3 heterocycles. The van der Waals surface area contributed by atoms with Gasteiger partial charge >= 0.3 is 0 Å². The zero-order valence-electron chi connectivity index (χ0n) is 18.4. The van der Waals surface area contributed by atoms with Crippen LogP contribution in [0.15, 0.2) is 22.5 Å². The van der Waals surface area contributed by atoms with E-state index in [1.807, 2.05) is 18.4 Å². The summed E-state index contributed by atoms with van der Waals surface area (Å²) in [6, 6.07) is 4.89. The number of nitrogens with zero attached hydrogens (tertiary/aromatic N) is 3. The predicted molar refractivity (Wildman–Crippen MR) is 138 cm³/mol. The lowest BCUT2D eigenvalue weighted by atomic mass is 9.92. The summed E-state index contributed by atoms with van der Waals surface area (Å²) >= 11 is 1.84. The van der Waals surface area contributed by atoms with Crippen LogP contribution >= 0.6 is 35.3 Å². The van der Waals surface area contributed by atoms with Gasteiger partial charge in [0.15, 0.2) is 5.96 Å². The molecule has 0 aliphatic carbocycles. The molecule has 0 saturated carbocycles. The van der Waals surface area contributed by atoms with Crippen LogP contribution in [0.4, 0.5) is 5.00 Å². The minimum Gasteiger partial charge on any atom is -0.363 e. The first-order chi connectivity index (χ1) is 13.6. The lowest BCUT2D eigenvalue weighted by molar-refractivity contribution is 0.139. The van der Waals surface area contributed by atoms with E-state index in [1.165, 1.54) is 56.7 Å². The van der Waals surface area contributed by atoms with Crippen molar-refractivity contribution in [2.75, 3.05) is 51.2 Å². The molecule has 1 aromatic heterocycles. The first kappa shape index (κ1) is 24.7. The third kappa shape index (κ3) is 8.25. The molecule has 2 N–H and O–H groups in total. The Morgan fingerprint density at radius 1 is 1.17 bits per heavy atom. The SMILES string of the molecule is CN=C(NCCCCN1CC(C)CC(C)C1)NC1CCN(c2cccs2)CC1.I. The average Bonchev–Trinajstić information content (AvgIpc) is 3.21. The number of guanidine groups is 1. The van der Waals surface area contributed by atoms with Crippen LogP contribution < -0.4 is 15.5 Å². The summed E-state index contributed by atoms with van der Waals surface area (Å²) in [6.07, 6.45) is 6.21. The van der Waals surface area contributed by atoms with Crippen molar-refractivity contribution < 1.29 is 0 Å². The Morgan fingerprint density at radius 3 is 2.52 bits per heavy atom. The molecule has 0 spiro atoms. The monoisotopic (exact) mass is 533 g/mol. The number of halogens is 1. The number of anilines is 1. The van der Waals surface area contributed by atoms with Gasteiger partial charge in [0, 0.05) is 45.8 Å². The van der Waals surface area contributed by atoms with E-state index in [1.54, 1.807) is 0 Å². The van der Waals surface area contributed by atoms with Gasteiger partial charge in [-0.1, -0.05) is 13.8 Å². The summed E-state index contributed by atoms with van der Waals surface area (Å²) in [5.41, 5.74) is 0. The second-order valence-corrected chi connectivity index (χ2v) is 9.69. The number of hydrogen-bond acceptors (Lipinski definition) is 4. The average molecular weight is 534 g/mol. The van der Waals surface area contributed by atoms with E-state index in [2.05, 4.69) is 56.8 Å². The van der Waals surface area contributed by atoms with Gasteiger partial charge in [-0.25, -0.2) is 0 Å². The van der Waals surface area contributed by atoms with Gasteiger partial charge < -0.3 is 20.4 Å². The molecule has 29 heavy (non-hydrogen) atoms. The van der Waals surface area contributed by atoms with Gasteiger partial charge in [-0.15, -0.1) is 35.3 Å².